The Hall–Kier alpha value is -2.08. The van der Waals surface area contributed by atoms with Crippen molar-refractivity contribution in [3.63, 3.8) is 0 Å². The van der Waals surface area contributed by atoms with Crippen molar-refractivity contribution < 1.29 is 14.3 Å². The number of hydrogen-bond donors (Lipinski definition) is 2. The van der Waals surface area contributed by atoms with Gasteiger partial charge in [-0.3, -0.25) is 9.69 Å². The summed E-state index contributed by atoms with van der Waals surface area (Å²) in [5.74, 6) is -0.0786. The monoisotopic (exact) mass is 401 g/mol. The number of nitrogens with zero attached hydrogens (tertiary/aromatic N) is 1. The molecule has 3 rings (SSSR count). The van der Waals surface area contributed by atoms with Crippen LogP contribution in [0.5, 0.6) is 0 Å². The zero-order chi connectivity index (χ0) is 21.3. The van der Waals surface area contributed by atoms with Crippen molar-refractivity contribution in [2.45, 2.75) is 89.6 Å². The van der Waals surface area contributed by atoms with Crippen LogP contribution in [0.2, 0.25) is 0 Å². The highest BCUT2D eigenvalue weighted by Crippen LogP contribution is 2.33. The van der Waals surface area contributed by atoms with E-state index in [4.69, 9.17) is 4.74 Å². The Bertz CT molecular complexity index is 731. The lowest BCUT2D eigenvalue weighted by Crippen LogP contribution is -2.64. The number of rotatable bonds is 4. The number of ether oxygens (including phenoxy) is 1. The van der Waals surface area contributed by atoms with Crippen LogP contribution in [0.15, 0.2) is 30.3 Å². The molecule has 2 amide bonds. The first kappa shape index (κ1) is 21.6. The molecule has 0 spiro atoms. The highest BCUT2D eigenvalue weighted by atomic mass is 16.6. The molecule has 2 N–H and O–H groups in total. The third-order valence-electron chi connectivity index (χ3n) is 6.08. The first-order chi connectivity index (χ1) is 13.5. The Kier molecular flexibility index (Phi) is 5.95. The van der Waals surface area contributed by atoms with Gasteiger partial charge in [0.1, 0.15) is 12.1 Å². The Morgan fingerprint density at radius 1 is 1.10 bits per heavy atom. The zero-order valence-corrected chi connectivity index (χ0v) is 18.4. The minimum Gasteiger partial charge on any atom is -0.445 e. The van der Waals surface area contributed by atoms with Crippen molar-refractivity contribution in [1.29, 1.82) is 0 Å². The van der Waals surface area contributed by atoms with E-state index >= 15 is 0 Å². The predicted octanol–water partition coefficient (Wildman–Crippen LogP) is 3.60. The second-order valence-corrected chi connectivity index (χ2v) is 10.0. The molecule has 2 aliphatic rings. The molecule has 6 nitrogen and oxygen atoms in total. The summed E-state index contributed by atoms with van der Waals surface area (Å²) in [4.78, 5) is 27.6. The summed E-state index contributed by atoms with van der Waals surface area (Å²) in [5.41, 5.74) is -0.0346. The molecule has 1 aromatic carbocycles. The molecule has 160 valence electrons. The summed E-state index contributed by atoms with van der Waals surface area (Å²) in [6, 6.07) is 9.68. The topological polar surface area (TPSA) is 70.7 Å². The second kappa shape index (κ2) is 7.98. The zero-order valence-electron chi connectivity index (χ0n) is 18.4. The van der Waals surface area contributed by atoms with Gasteiger partial charge in [-0.25, -0.2) is 4.79 Å². The summed E-state index contributed by atoms with van der Waals surface area (Å²) in [5, 5.41) is 6.88. The number of piperidine rings is 1. The Labute approximate surface area is 174 Å². The van der Waals surface area contributed by atoms with E-state index in [-0.39, 0.29) is 29.6 Å². The lowest BCUT2D eigenvalue weighted by atomic mass is 9.79. The molecular formula is C23H35N3O3. The fourth-order valence-corrected chi connectivity index (χ4v) is 5.05. The third kappa shape index (κ3) is 5.10. The van der Waals surface area contributed by atoms with Gasteiger partial charge in [0.05, 0.1) is 0 Å². The van der Waals surface area contributed by atoms with Crippen LogP contribution < -0.4 is 10.6 Å². The average Bonchev–Trinajstić information content (AvgIpc) is 3.01. The smallest absolute Gasteiger partial charge is 0.410 e. The van der Waals surface area contributed by atoms with Gasteiger partial charge < -0.3 is 15.4 Å². The van der Waals surface area contributed by atoms with Gasteiger partial charge in [0.2, 0.25) is 5.91 Å². The number of nitrogens with one attached hydrogen (secondary N) is 2. The highest BCUT2D eigenvalue weighted by molar-refractivity contribution is 5.90. The lowest BCUT2D eigenvalue weighted by Gasteiger charge is -2.47. The summed E-state index contributed by atoms with van der Waals surface area (Å²) in [7, 11) is 0. The second-order valence-electron chi connectivity index (χ2n) is 10.0. The van der Waals surface area contributed by atoms with Gasteiger partial charge in [0.25, 0.3) is 0 Å². The molecule has 1 unspecified atom stereocenters. The molecule has 0 aliphatic carbocycles. The van der Waals surface area contributed by atoms with Crippen molar-refractivity contribution in [2.75, 3.05) is 6.54 Å². The standard InChI is InChI=1S/C23H35N3O3/c1-21(2)14-18(15-22(3,4)25-21)24-19(27)23(5)12-9-13-26(23)20(28)29-16-17-10-7-6-8-11-17/h6-8,10-11,18,25H,9,12-16H2,1-5H3,(H,24,27). The minimum atomic E-state index is -0.868. The van der Waals surface area contributed by atoms with E-state index in [2.05, 4.69) is 38.3 Å². The Morgan fingerprint density at radius 2 is 1.72 bits per heavy atom. The minimum absolute atomic E-state index is 0.0510. The molecule has 0 radical (unpaired) electrons. The van der Waals surface area contributed by atoms with Crippen molar-refractivity contribution in [3.8, 4) is 0 Å². The highest BCUT2D eigenvalue weighted by Gasteiger charge is 2.48. The summed E-state index contributed by atoms with van der Waals surface area (Å²) < 4.78 is 5.51. The van der Waals surface area contributed by atoms with Crippen LogP contribution in [0.3, 0.4) is 0 Å². The average molecular weight is 402 g/mol. The number of benzene rings is 1. The molecule has 0 bridgehead atoms. The largest absolute Gasteiger partial charge is 0.445 e. The summed E-state index contributed by atoms with van der Waals surface area (Å²) >= 11 is 0. The van der Waals surface area contributed by atoms with E-state index in [1.807, 2.05) is 37.3 Å². The maximum atomic E-state index is 13.3. The first-order valence-corrected chi connectivity index (χ1v) is 10.6. The molecule has 6 heteroatoms. The predicted molar refractivity (Wildman–Crippen MR) is 113 cm³/mol. The van der Waals surface area contributed by atoms with Gasteiger partial charge in [-0.1, -0.05) is 30.3 Å². The van der Waals surface area contributed by atoms with Crippen molar-refractivity contribution in [3.05, 3.63) is 35.9 Å². The number of likely N-dealkylation sites (tertiary alicyclic amines) is 1. The Morgan fingerprint density at radius 3 is 2.34 bits per heavy atom. The Balaban J connectivity index is 1.64. The maximum absolute atomic E-state index is 13.3. The molecular weight excluding hydrogens is 366 g/mol. The van der Waals surface area contributed by atoms with Crippen LogP contribution in [-0.4, -0.2) is 46.1 Å². The van der Waals surface area contributed by atoms with Crippen LogP contribution in [0.25, 0.3) is 0 Å². The SMILES string of the molecule is CC1(C)CC(NC(=O)C2(C)CCCN2C(=O)OCc2ccccc2)CC(C)(C)N1. The van der Waals surface area contributed by atoms with E-state index in [1.54, 1.807) is 4.90 Å². The van der Waals surface area contributed by atoms with Gasteiger partial charge in [-0.2, -0.15) is 0 Å². The van der Waals surface area contributed by atoms with E-state index in [9.17, 15) is 9.59 Å². The van der Waals surface area contributed by atoms with Crippen LogP contribution in [0.4, 0.5) is 4.79 Å². The van der Waals surface area contributed by atoms with Crippen LogP contribution >= 0.6 is 0 Å². The number of carbonyl (C=O) groups is 2. The molecule has 1 atom stereocenters. The van der Waals surface area contributed by atoms with Gasteiger partial charge in [-0.15, -0.1) is 0 Å². The van der Waals surface area contributed by atoms with E-state index in [0.717, 1.165) is 24.8 Å². The van der Waals surface area contributed by atoms with Gasteiger partial charge in [-0.05, 0) is 65.9 Å². The van der Waals surface area contributed by atoms with Crippen LogP contribution in [0.1, 0.15) is 65.9 Å². The van der Waals surface area contributed by atoms with Crippen LogP contribution in [0, 0.1) is 0 Å². The molecule has 2 aliphatic heterocycles. The molecule has 0 saturated carbocycles. The first-order valence-electron chi connectivity index (χ1n) is 10.6. The van der Waals surface area contributed by atoms with Gasteiger partial charge >= 0.3 is 6.09 Å². The van der Waals surface area contributed by atoms with E-state index in [1.165, 1.54) is 0 Å². The van der Waals surface area contributed by atoms with Crippen LogP contribution in [-0.2, 0) is 16.1 Å². The normalized spacial score (nSPS) is 26.2. The quantitative estimate of drug-likeness (QED) is 0.809. The summed E-state index contributed by atoms with van der Waals surface area (Å²) in [6.07, 6.45) is 2.74. The fraction of sp³-hybridized carbons (Fsp3) is 0.652. The molecule has 29 heavy (non-hydrogen) atoms. The van der Waals surface area contributed by atoms with Crippen molar-refractivity contribution in [1.82, 2.24) is 15.5 Å². The number of hydrogen-bond acceptors (Lipinski definition) is 4. The third-order valence-corrected chi connectivity index (χ3v) is 6.08. The molecule has 2 fully saturated rings. The fourth-order valence-electron chi connectivity index (χ4n) is 5.05. The van der Waals surface area contributed by atoms with Crippen molar-refractivity contribution >= 4 is 12.0 Å². The molecule has 2 saturated heterocycles. The number of amides is 2. The van der Waals surface area contributed by atoms with Crippen molar-refractivity contribution in [2.24, 2.45) is 0 Å². The molecule has 0 aromatic heterocycles. The lowest BCUT2D eigenvalue weighted by molar-refractivity contribution is -0.131. The maximum Gasteiger partial charge on any atom is 0.410 e. The van der Waals surface area contributed by atoms with E-state index < -0.39 is 11.6 Å². The van der Waals surface area contributed by atoms with Gasteiger partial charge in [0.15, 0.2) is 0 Å². The molecule has 2 heterocycles. The summed E-state index contributed by atoms with van der Waals surface area (Å²) in [6.45, 7) is 11.3. The van der Waals surface area contributed by atoms with E-state index in [0.29, 0.717) is 13.0 Å². The van der Waals surface area contributed by atoms with Gasteiger partial charge in [0, 0.05) is 23.7 Å². The number of carbonyl (C=O) groups excluding carboxylic acids is 2. The molecule has 1 aromatic rings.